The molecule has 0 saturated carbocycles. The quantitative estimate of drug-likeness (QED) is 0.434. The Labute approximate surface area is 203 Å². The summed E-state index contributed by atoms with van der Waals surface area (Å²) in [7, 11) is 3.71. The molecule has 31 heavy (non-hydrogen) atoms. The molecule has 1 saturated heterocycles. The van der Waals surface area contributed by atoms with Crippen LogP contribution in [-0.4, -0.2) is 67.6 Å². The van der Waals surface area contributed by atoms with Crippen molar-refractivity contribution in [1.29, 1.82) is 0 Å². The van der Waals surface area contributed by atoms with E-state index in [1.807, 2.05) is 44.2 Å². The molecule has 1 aliphatic rings. The van der Waals surface area contributed by atoms with Gasteiger partial charge < -0.3 is 24.6 Å². The van der Waals surface area contributed by atoms with Gasteiger partial charge >= 0.3 is 0 Å². The molecular formula is C23H28IN3O3S. The van der Waals surface area contributed by atoms with E-state index < -0.39 is 0 Å². The van der Waals surface area contributed by atoms with Crippen LogP contribution in [0, 0.1) is 17.4 Å². The Morgan fingerprint density at radius 2 is 1.90 bits per heavy atom. The molecule has 0 atom stereocenters. The van der Waals surface area contributed by atoms with Crippen LogP contribution in [0.5, 0.6) is 11.5 Å². The van der Waals surface area contributed by atoms with Crippen molar-refractivity contribution in [3.8, 4) is 11.5 Å². The van der Waals surface area contributed by atoms with Crippen LogP contribution in [0.2, 0.25) is 0 Å². The Balaban J connectivity index is 1.69. The number of carbonyl (C=O) groups is 1. The van der Waals surface area contributed by atoms with Crippen molar-refractivity contribution in [3.63, 3.8) is 0 Å². The number of piperazine rings is 1. The zero-order chi connectivity index (χ0) is 22.5. The molecule has 166 valence electrons. The first kappa shape index (κ1) is 23.7. The largest absolute Gasteiger partial charge is 0.493 e. The summed E-state index contributed by atoms with van der Waals surface area (Å²) in [4.78, 5) is 17.8. The summed E-state index contributed by atoms with van der Waals surface area (Å²) in [5.74, 6) is 0.894. The third-order valence-electron chi connectivity index (χ3n) is 5.49. The van der Waals surface area contributed by atoms with Crippen molar-refractivity contribution in [3.05, 3.63) is 50.6 Å². The summed E-state index contributed by atoms with van der Waals surface area (Å²) in [5, 5.41) is 2.92. The molecule has 1 fully saturated rings. The lowest BCUT2D eigenvalue weighted by molar-refractivity contribution is -0.118. The molecule has 1 heterocycles. The van der Waals surface area contributed by atoms with Crippen molar-refractivity contribution in [2.75, 3.05) is 52.3 Å². The molecule has 2 aromatic rings. The number of hydrogen-bond acceptors (Lipinski definition) is 5. The average Bonchev–Trinajstić information content (AvgIpc) is 2.75. The maximum Gasteiger partial charge on any atom is 0.262 e. The van der Waals surface area contributed by atoms with Crippen LogP contribution in [0.4, 0.5) is 5.69 Å². The van der Waals surface area contributed by atoms with Gasteiger partial charge in [0.2, 0.25) is 0 Å². The molecule has 1 amide bonds. The van der Waals surface area contributed by atoms with E-state index in [2.05, 4.69) is 44.8 Å². The van der Waals surface area contributed by atoms with Gasteiger partial charge in [-0.15, -0.1) is 0 Å². The summed E-state index contributed by atoms with van der Waals surface area (Å²) in [6.07, 6.45) is 0. The molecule has 3 rings (SSSR count). The predicted molar refractivity (Wildman–Crippen MR) is 137 cm³/mol. The molecule has 0 radical (unpaired) electrons. The van der Waals surface area contributed by atoms with Crippen LogP contribution in [0.1, 0.15) is 16.7 Å². The second-order valence-corrected chi connectivity index (χ2v) is 9.22. The number of thiocarbonyl (C=S) groups is 1. The number of ether oxygens (including phenoxy) is 2. The van der Waals surface area contributed by atoms with E-state index in [1.165, 1.54) is 0 Å². The number of likely N-dealkylation sites (N-methyl/N-ethyl adjacent to an activating group) is 1. The first-order chi connectivity index (χ1) is 14.8. The Bertz CT molecular complexity index is 975. The van der Waals surface area contributed by atoms with Gasteiger partial charge in [0.05, 0.1) is 10.7 Å². The minimum atomic E-state index is -0.219. The maximum atomic E-state index is 12.5. The Hall–Kier alpha value is -1.91. The van der Waals surface area contributed by atoms with Crippen LogP contribution in [0.25, 0.3) is 0 Å². The number of anilines is 1. The van der Waals surface area contributed by atoms with Crippen molar-refractivity contribution in [2.45, 2.75) is 13.8 Å². The third-order valence-corrected chi connectivity index (χ3v) is 6.79. The Morgan fingerprint density at radius 3 is 2.58 bits per heavy atom. The molecule has 1 N–H and O–H groups in total. The van der Waals surface area contributed by atoms with E-state index in [-0.39, 0.29) is 12.5 Å². The molecule has 0 bridgehead atoms. The highest BCUT2D eigenvalue weighted by molar-refractivity contribution is 14.1. The summed E-state index contributed by atoms with van der Waals surface area (Å²) in [5.41, 5.74) is 3.89. The van der Waals surface area contributed by atoms with Gasteiger partial charge in [0, 0.05) is 37.4 Å². The second kappa shape index (κ2) is 10.6. The fourth-order valence-electron chi connectivity index (χ4n) is 3.39. The SMILES string of the molecule is COc1cc(C(=S)N2CCN(C)CC2)cc(I)c1OCC(=O)Nc1cccc(C)c1C. The van der Waals surface area contributed by atoms with Gasteiger partial charge in [-0.05, 0) is 72.8 Å². The van der Waals surface area contributed by atoms with E-state index in [9.17, 15) is 4.79 Å². The van der Waals surface area contributed by atoms with E-state index >= 15 is 0 Å². The van der Waals surface area contributed by atoms with Gasteiger partial charge in [-0.25, -0.2) is 0 Å². The van der Waals surface area contributed by atoms with Crippen LogP contribution < -0.4 is 14.8 Å². The van der Waals surface area contributed by atoms with Crippen molar-refractivity contribution < 1.29 is 14.3 Å². The number of methoxy groups -OCH3 is 1. The van der Waals surface area contributed by atoms with E-state index in [1.54, 1.807) is 7.11 Å². The number of amides is 1. The number of nitrogens with one attached hydrogen (secondary N) is 1. The molecule has 0 unspecified atom stereocenters. The van der Waals surface area contributed by atoms with Crippen LogP contribution in [-0.2, 0) is 4.79 Å². The number of hydrogen-bond donors (Lipinski definition) is 1. The normalized spacial score (nSPS) is 14.3. The predicted octanol–water partition coefficient (Wildman–Crippen LogP) is 3.86. The van der Waals surface area contributed by atoms with Gasteiger partial charge in [0.15, 0.2) is 18.1 Å². The molecule has 8 heteroatoms. The van der Waals surface area contributed by atoms with Gasteiger partial charge in [0.1, 0.15) is 4.99 Å². The highest BCUT2D eigenvalue weighted by Gasteiger charge is 2.21. The van der Waals surface area contributed by atoms with Crippen LogP contribution in [0.3, 0.4) is 0 Å². The van der Waals surface area contributed by atoms with Gasteiger partial charge in [-0.1, -0.05) is 24.4 Å². The minimum Gasteiger partial charge on any atom is -0.493 e. The standard InChI is InChI=1S/C23H28IN3O3S/c1-15-6-5-7-19(16(15)2)25-21(28)14-30-22-18(24)12-17(13-20(22)29-4)23(31)27-10-8-26(3)9-11-27/h5-7,12-13H,8-11,14H2,1-4H3,(H,25,28). The first-order valence-corrected chi connectivity index (χ1v) is 11.6. The smallest absolute Gasteiger partial charge is 0.262 e. The third kappa shape index (κ3) is 5.87. The second-order valence-electron chi connectivity index (χ2n) is 7.67. The highest BCUT2D eigenvalue weighted by atomic mass is 127. The van der Waals surface area contributed by atoms with E-state index in [0.29, 0.717) is 11.5 Å². The maximum absolute atomic E-state index is 12.5. The van der Waals surface area contributed by atoms with Crippen LogP contribution >= 0.6 is 34.8 Å². The summed E-state index contributed by atoms with van der Waals surface area (Å²) >= 11 is 7.93. The lowest BCUT2D eigenvalue weighted by atomic mass is 10.1. The van der Waals surface area contributed by atoms with Gasteiger partial charge in [0.25, 0.3) is 5.91 Å². The molecule has 6 nitrogen and oxygen atoms in total. The number of carbonyl (C=O) groups excluding carboxylic acids is 1. The van der Waals surface area contributed by atoms with Crippen molar-refractivity contribution >= 4 is 51.4 Å². The lowest BCUT2D eigenvalue weighted by Crippen LogP contribution is -2.46. The first-order valence-electron chi connectivity index (χ1n) is 10.1. The lowest BCUT2D eigenvalue weighted by Gasteiger charge is -2.34. The molecule has 0 aromatic heterocycles. The molecule has 0 aliphatic carbocycles. The fraction of sp³-hybridized carbons (Fsp3) is 0.391. The van der Waals surface area contributed by atoms with Crippen molar-refractivity contribution in [2.24, 2.45) is 0 Å². The van der Waals surface area contributed by atoms with E-state index in [0.717, 1.165) is 57.1 Å². The monoisotopic (exact) mass is 553 g/mol. The van der Waals surface area contributed by atoms with Crippen molar-refractivity contribution in [1.82, 2.24) is 9.80 Å². The van der Waals surface area contributed by atoms with E-state index in [4.69, 9.17) is 21.7 Å². The Morgan fingerprint density at radius 1 is 1.19 bits per heavy atom. The molecule has 1 aliphatic heterocycles. The summed E-state index contributed by atoms with van der Waals surface area (Å²) in [6, 6.07) is 9.71. The zero-order valence-electron chi connectivity index (χ0n) is 18.3. The average molecular weight is 553 g/mol. The topological polar surface area (TPSA) is 54.0 Å². The number of rotatable bonds is 6. The Kier molecular flexibility index (Phi) is 8.12. The summed E-state index contributed by atoms with van der Waals surface area (Å²) < 4.78 is 12.3. The fourth-order valence-corrected chi connectivity index (χ4v) is 4.44. The molecule has 0 spiro atoms. The molecule has 2 aromatic carbocycles. The summed E-state index contributed by atoms with van der Waals surface area (Å²) in [6.45, 7) is 7.69. The van der Waals surface area contributed by atoms with Gasteiger partial charge in [-0.2, -0.15) is 0 Å². The van der Waals surface area contributed by atoms with Gasteiger partial charge in [-0.3, -0.25) is 4.79 Å². The minimum absolute atomic E-state index is 0.109. The zero-order valence-corrected chi connectivity index (χ0v) is 21.3. The number of nitrogens with zero attached hydrogens (tertiary/aromatic N) is 2. The number of aryl methyl sites for hydroxylation is 1. The number of benzene rings is 2. The highest BCUT2D eigenvalue weighted by Crippen LogP contribution is 2.34. The molecular weight excluding hydrogens is 525 g/mol. The number of halogens is 1. The van der Waals surface area contributed by atoms with Crippen LogP contribution in [0.15, 0.2) is 30.3 Å².